The van der Waals surface area contributed by atoms with E-state index in [-0.39, 0.29) is 11.9 Å². The summed E-state index contributed by atoms with van der Waals surface area (Å²) >= 11 is 0. The Morgan fingerprint density at radius 1 is 1.00 bits per heavy atom. The molecule has 5 heteroatoms. The zero-order chi connectivity index (χ0) is 18.5. The van der Waals surface area contributed by atoms with Crippen molar-refractivity contribution in [3.63, 3.8) is 0 Å². The number of nitrogens with one attached hydrogen (secondary N) is 2. The highest BCUT2D eigenvalue weighted by Gasteiger charge is 2.12. The minimum absolute atomic E-state index is 0.0357. The highest BCUT2D eigenvalue weighted by Crippen LogP contribution is 2.19. The van der Waals surface area contributed by atoms with E-state index in [1.807, 2.05) is 69.3 Å². The lowest BCUT2D eigenvalue weighted by molar-refractivity contribution is 0.102. The molecule has 0 aliphatic rings. The van der Waals surface area contributed by atoms with Gasteiger partial charge in [-0.05, 0) is 49.6 Å². The van der Waals surface area contributed by atoms with Crippen LogP contribution < -0.4 is 10.6 Å². The molecule has 132 valence electrons. The van der Waals surface area contributed by atoms with E-state index >= 15 is 0 Å². The van der Waals surface area contributed by atoms with Crippen LogP contribution in [-0.4, -0.2) is 15.9 Å². The first kappa shape index (κ1) is 17.6. The average Bonchev–Trinajstić information content (AvgIpc) is 2.66. The van der Waals surface area contributed by atoms with Gasteiger partial charge in [0.15, 0.2) is 0 Å². The number of carbonyl (C=O) groups is 1. The maximum absolute atomic E-state index is 12.6. The first-order valence-electron chi connectivity index (χ1n) is 8.56. The van der Waals surface area contributed by atoms with Crippen molar-refractivity contribution < 1.29 is 4.79 Å². The number of nitrogens with zero attached hydrogens (tertiary/aromatic N) is 2. The van der Waals surface area contributed by atoms with E-state index in [9.17, 15) is 4.79 Å². The van der Waals surface area contributed by atoms with Gasteiger partial charge in [0.2, 0.25) is 5.95 Å². The third-order valence-electron chi connectivity index (χ3n) is 4.39. The van der Waals surface area contributed by atoms with Crippen molar-refractivity contribution in [3.8, 4) is 0 Å². The first-order chi connectivity index (χ1) is 12.5. The number of aryl methyl sites for hydroxylation is 1. The molecule has 26 heavy (non-hydrogen) atoms. The molecule has 2 aromatic carbocycles. The van der Waals surface area contributed by atoms with Crippen LogP contribution in [0.1, 0.15) is 40.1 Å². The normalized spacial score (nSPS) is 11.7. The number of benzene rings is 2. The van der Waals surface area contributed by atoms with Gasteiger partial charge >= 0.3 is 0 Å². The Labute approximate surface area is 153 Å². The lowest BCUT2D eigenvalue weighted by atomic mass is 10.1. The number of hydrogen-bond acceptors (Lipinski definition) is 4. The first-order valence-corrected chi connectivity index (χ1v) is 8.56. The number of rotatable bonds is 5. The van der Waals surface area contributed by atoms with Crippen molar-refractivity contribution >= 4 is 17.5 Å². The Morgan fingerprint density at radius 2 is 1.77 bits per heavy atom. The van der Waals surface area contributed by atoms with E-state index in [2.05, 4.69) is 20.6 Å². The van der Waals surface area contributed by atoms with Gasteiger partial charge in [-0.2, -0.15) is 0 Å². The summed E-state index contributed by atoms with van der Waals surface area (Å²) in [6.07, 6.45) is 1.59. The molecule has 1 atom stereocenters. The zero-order valence-corrected chi connectivity index (χ0v) is 15.2. The molecule has 0 spiro atoms. The third kappa shape index (κ3) is 4.06. The molecule has 0 fully saturated rings. The minimum atomic E-state index is -0.253. The molecule has 1 amide bonds. The quantitative estimate of drug-likeness (QED) is 0.713. The van der Waals surface area contributed by atoms with Crippen molar-refractivity contribution in [2.45, 2.75) is 26.8 Å². The van der Waals surface area contributed by atoms with E-state index in [1.54, 1.807) is 12.3 Å². The molecule has 3 aromatic rings. The molecule has 1 aromatic heterocycles. The molecular formula is C21H22N4O. The largest absolute Gasteiger partial charge is 0.348 e. The summed E-state index contributed by atoms with van der Waals surface area (Å²) in [5.74, 6) is 0.173. The van der Waals surface area contributed by atoms with Crippen molar-refractivity contribution in [1.29, 1.82) is 0 Å². The molecular weight excluding hydrogens is 324 g/mol. The molecule has 2 N–H and O–H groups in total. The van der Waals surface area contributed by atoms with Gasteiger partial charge < -0.3 is 10.6 Å². The van der Waals surface area contributed by atoms with Crippen LogP contribution in [0.2, 0.25) is 0 Å². The molecule has 0 aliphatic carbocycles. The Hall–Kier alpha value is -3.21. The molecule has 0 radical (unpaired) electrons. The molecule has 0 bridgehead atoms. The number of hydrogen-bond donors (Lipinski definition) is 2. The maximum atomic E-state index is 12.6. The van der Waals surface area contributed by atoms with E-state index in [1.165, 1.54) is 0 Å². The molecule has 0 aliphatic heterocycles. The second kappa shape index (κ2) is 7.78. The van der Waals surface area contributed by atoms with E-state index < -0.39 is 0 Å². The summed E-state index contributed by atoms with van der Waals surface area (Å²) in [4.78, 5) is 21.1. The summed E-state index contributed by atoms with van der Waals surface area (Å²) in [5, 5.41) is 6.16. The van der Waals surface area contributed by atoms with Gasteiger partial charge in [0.1, 0.15) is 5.69 Å². The number of anilines is 2. The van der Waals surface area contributed by atoms with E-state index in [4.69, 9.17) is 0 Å². The van der Waals surface area contributed by atoms with Crippen molar-refractivity contribution in [2.24, 2.45) is 0 Å². The maximum Gasteiger partial charge on any atom is 0.274 e. The smallest absolute Gasteiger partial charge is 0.274 e. The van der Waals surface area contributed by atoms with Crippen LogP contribution in [0, 0.1) is 13.8 Å². The highest BCUT2D eigenvalue weighted by molar-refractivity contribution is 6.03. The summed E-state index contributed by atoms with van der Waals surface area (Å²) in [6.45, 7) is 6.03. The standard InChI is InChI=1S/C21H22N4O/c1-14-8-7-11-18(15(14)2)24-20(26)19-12-13-22-21(25-19)23-16(3)17-9-5-4-6-10-17/h4-13,16H,1-3H3,(H,24,26)(H,22,23,25). The zero-order valence-electron chi connectivity index (χ0n) is 15.2. The van der Waals surface area contributed by atoms with Crippen molar-refractivity contribution in [1.82, 2.24) is 9.97 Å². The second-order valence-corrected chi connectivity index (χ2v) is 6.24. The fourth-order valence-electron chi connectivity index (χ4n) is 2.65. The Morgan fingerprint density at radius 3 is 2.54 bits per heavy atom. The summed E-state index contributed by atoms with van der Waals surface area (Å²) < 4.78 is 0. The topological polar surface area (TPSA) is 66.9 Å². The predicted octanol–water partition coefficient (Wildman–Crippen LogP) is 4.52. The van der Waals surface area contributed by atoms with E-state index in [0.29, 0.717) is 11.6 Å². The fraction of sp³-hybridized carbons (Fsp3) is 0.190. The van der Waals surface area contributed by atoms with Gasteiger partial charge in [-0.3, -0.25) is 4.79 Å². The minimum Gasteiger partial charge on any atom is -0.348 e. The summed E-state index contributed by atoms with van der Waals surface area (Å²) in [6, 6.07) is 17.5. The Balaban J connectivity index is 1.74. The molecule has 3 rings (SSSR count). The van der Waals surface area contributed by atoms with Gasteiger partial charge in [0.05, 0.1) is 6.04 Å². The fourth-order valence-corrected chi connectivity index (χ4v) is 2.65. The highest BCUT2D eigenvalue weighted by atomic mass is 16.1. The van der Waals surface area contributed by atoms with Gasteiger partial charge in [0.25, 0.3) is 5.91 Å². The molecule has 1 heterocycles. The van der Waals surface area contributed by atoms with Crippen LogP contribution in [0.25, 0.3) is 0 Å². The van der Waals surface area contributed by atoms with Crippen molar-refractivity contribution in [2.75, 3.05) is 10.6 Å². The molecule has 0 saturated heterocycles. The van der Waals surface area contributed by atoms with Crippen LogP contribution in [0.3, 0.4) is 0 Å². The molecule has 5 nitrogen and oxygen atoms in total. The van der Waals surface area contributed by atoms with Gasteiger partial charge in [-0.1, -0.05) is 42.5 Å². The lowest BCUT2D eigenvalue weighted by Gasteiger charge is -2.14. The Bertz CT molecular complexity index is 909. The average molecular weight is 346 g/mol. The second-order valence-electron chi connectivity index (χ2n) is 6.24. The lowest BCUT2D eigenvalue weighted by Crippen LogP contribution is -2.17. The van der Waals surface area contributed by atoms with Crippen LogP contribution in [0.5, 0.6) is 0 Å². The van der Waals surface area contributed by atoms with Gasteiger partial charge in [-0.25, -0.2) is 9.97 Å². The van der Waals surface area contributed by atoms with Crippen LogP contribution in [-0.2, 0) is 0 Å². The number of aromatic nitrogens is 2. The van der Waals surface area contributed by atoms with Gasteiger partial charge in [0, 0.05) is 11.9 Å². The third-order valence-corrected chi connectivity index (χ3v) is 4.39. The van der Waals surface area contributed by atoms with E-state index in [0.717, 1.165) is 22.4 Å². The summed E-state index contributed by atoms with van der Waals surface area (Å²) in [5.41, 5.74) is 4.42. The monoisotopic (exact) mass is 346 g/mol. The van der Waals surface area contributed by atoms with Gasteiger partial charge in [-0.15, -0.1) is 0 Å². The molecule has 0 saturated carbocycles. The van der Waals surface area contributed by atoms with Crippen LogP contribution in [0.15, 0.2) is 60.8 Å². The number of carbonyl (C=O) groups excluding carboxylic acids is 1. The van der Waals surface area contributed by atoms with Crippen molar-refractivity contribution in [3.05, 3.63) is 83.2 Å². The predicted molar refractivity (Wildman–Crippen MR) is 104 cm³/mol. The van der Waals surface area contributed by atoms with Crippen LogP contribution >= 0.6 is 0 Å². The SMILES string of the molecule is Cc1cccc(NC(=O)c2ccnc(NC(C)c3ccccc3)n2)c1C. The summed E-state index contributed by atoms with van der Waals surface area (Å²) in [7, 11) is 0. The Kier molecular flexibility index (Phi) is 5.27. The molecule has 1 unspecified atom stereocenters. The van der Waals surface area contributed by atoms with Crippen LogP contribution in [0.4, 0.5) is 11.6 Å². The number of amides is 1.